The first-order chi connectivity index (χ1) is 12.2. The lowest BCUT2D eigenvalue weighted by atomic mass is 9.80. The number of hydrogen-bond donors (Lipinski definition) is 2. The monoisotopic (exact) mass is 363 g/mol. The number of carbonyl (C=O) groups is 2. The first kappa shape index (κ1) is 20.2. The van der Waals surface area contributed by atoms with Crippen molar-refractivity contribution in [2.24, 2.45) is 5.41 Å². The number of benzene rings is 1. The fraction of sp³-hybridized carbons (Fsp3) is 0.600. The van der Waals surface area contributed by atoms with Gasteiger partial charge >= 0.3 is 5.97 Å². The third-order valence-corrected chi connectivity index (χ3v) is 5.05. The predicted molar refractivity (Wildman–Crippen MR) is 98.5 cm³/mol. The molecule has 26 heavy (non-hydrogen) atoms. The molecule has 1 atom stereocenters. The summed E-state index contributed by atoms with van der Waals surface area (Å²) in [5.41, 5.74) is 1.41. The Bertz CT molecular complexity index is 650. The van der Waals surface area contributed by atoms with Gasteiger partial charge in [0.1, 0.15) is 5.75 Å². The third-order valence-electron chi connectivity index (χ3n) is 5.05. The van der Waals surface area contributed by atoms with Crippen LogP contribution >= 0.6 is 0 Å². The summed E-state index contributed by atoms with van der Waals surface area (Å²) in [7, 11) is 0. The van der Waals surface area contributed by atoms with Crippen LogP contribution in [0, 0.1) is 12.3 Å². The van der Waals surface area contributed by atoms with Crippen molar-refractivity contribution in [1.29, 1.82) is 0 Å². The van der Waals surface area contributed by atoms with E-state index in [4.69, 9.17) is 9.47 Å². The van der Waals surface area contributed by atoms with E-state index in [-0.39, 0.29) is 12.5 Å². The molecule has 0 bridgehead atoms. The third kappa shape index (κ3) is 4.75. The van der Waals surface area contributed by atoms with Crippen LogP contribution < -0.4 is 10.1 Å². The Kier molecular flexibility index (Phi) is 6.64. The summed E-state index contributed by atoms with van der Waals surface area (Å²) < 4.78 is 11.0. The van der Waals surface area contributed by atoms with Gasteiger partial charge in [0, 0.05) is 19.8 Å². The first-order valence-corrected chi connectivity index (χ1v) is 9.11. The molecule has 1 unspecified atom stereocenters. The number of amides is 1. The van der Waals surface area contributed by atoms with E-state index in [0.717, 1.165) is 5.56 Å². The molecule has 1 aliphatic rings. The van der Waals surface area contributed by atoms with Crippen molar-refractivity contribution in [3.05, 3.63) is 29.3 Å². The average Bonchev–Trinajstić information content (AvgIpc) is 2.60. The molecule has 0 spiro atoms. The molecule has 0 saturated carbocycles. The van der Waals surface area contributed by atoms with Gasteiger partial charge in [0.05, 0.1) is 5.41 Å². The van der Waals surface area contributed by atoms with Gasteiger partial charge in [-0.15, -0.1) is 0 Å². The standard InChI is InChI=1S/C20H29NO5/c1-13(2)17-6-5-16(11-14(17)3)26-15(4)18(22)21-12-20(19(23)24)7-9-25-10-8-20/h5-6,11,13,15H,7-10,12H2,1-4H3,(H,21,22)(H,23,24). The van der Waals surface area contributed by atoms with Gasteiger partial charge in [0.25, 0.3) is 5.91 Å². The lowest BCUT2D eigenvalue weighted by molar-refractivity contribution is -0.155. The maximum Gasteiger partial charge on any atom is 0.311 e. The highest BCUT2D eigenvalue weighted by Gasteiger charge is 2.40. The molecule has 2 N–H and O–H groups in total. The molecule has 1 fully saturated rings. The molecular formula is C20H29NO5. The second-order valence-corrected chi connectivity index (χ2v) is 7.35. The van der Waals surface area contributed by atoms with Crippen LogP contribution in [0.15, 0.2) is 18.2 Å². The van der Waals surface area contributed by atoms with Crippen LogP contribution in [0.3, 0.4) is 0 Å². The van der Waals surface area contributed by atoms with E-state index in [0.29, 0.717) is 37.7 Å². The van der Waals surface area contributed by atoms with Gasteiger partial charge in [-0.3, -0.25) is 9.59 Å². The topological polar surface area (TPSA) is 84.9 Å². The summed E-state index contributed by atoms with van der Waals surface area (Å²) in [5.74, 6) is -0.151. The van der Waals surface area contributed by atoms with Crippen molar-refractivity contribution in [2.45, 2.75) is 52.6 Å². The fourth-order valence-corrected chi connectivity index (χ4v) is 3.26. The van der Waals surface area contributed by atoms with E-state index in [2.05, 4.69) is 19.2 Å². The lowest BCUT2D eigenvalue weighted by Gasteiger charge is -2.33. The zero-order valence-electron chi connectivity index (χ0n) is 16.0. The van der Waals surface area contributed by atoms with Crippen molar-refractivity contribution < 1.29 is 24.2 Å². The van der Waals surface area contributed by atoms with Gasteiger partial charge in [-0.2, -0.15) is 0 Å². The van der Waals surface area contributed by atoms with Crippen molar-refractivity contribution in [3.63, 3.8) is 0 Å². The Hall–Kier alpha value is -2.08. The second-order valence-electron chi connectivity index (χ2n) is 7.35. The molecule has 0 radical (unpaired) electrons. The Morgan fingerprint density at radius 2 is 1.92 bits per heavy atom. The summed E-state index contributed by atoms with van der Waals surface area (Å²) in [6.07, 6.45) is 0.0894. The van der Waals surface area contributed by atoms with Crippen LogP contribution in [-0.2, 0) is 14.3 Å². The van der Waals surface area contributed by atoms with Crippen molar-refractivity contribution in [1.82, 2.24) is 5.32 Å². The summed E-state index contributed by atoms with van der Waals surface area (Å²) in [4.78, 5) is 24.0. The maximum atomic E-state index is 12.4. The van der Waals surface area contributed by atoms with Crippen molar-refractivity contribution in [2.75, 3.05) is 19.8 Å². The van der Waals surface area contributed by atoms with Gasteiger partial charge < -0.3 is 19.9 Å². The summed E-state index contributed by atoms with van der Waals surface area (Å²) in [5, 5.41) is 12.3. The molecule has 0 aromatic heterocycles. The minimum atomic E-state index is -0.955. The predicted octanol–water partition coefficient (Wildman–Crippen LogP) is 2.88. The largest absolute Gasteiger partial charge is 0.481 e. The van der Waals surface area contributed by atoms with E-state index in [1.165, 1.54) is 5.56 Å². The highest BCUT2D eigenvalue weighted by Crippen LogP contribution is 2.30. The highest BCUT2D eigenvalue weighted by molar-refractivity contribution is 5.82. The number of aliphatic carboxylic acids is 1. The Balaban J connectivity index is 1.95. The van der Waals surface area contributed by atoms with Crippen LogP contribution in [0.1, 0.15) is 50.7 Å². The minimum Gasteiger partial charge on any atom is -0.481 e. The molecule has 1 aromatic rings. The van der Waals surface area contributed by atoms with E-state index < -0.39 is 17.5 Å². The lowest BCUT2D eigenvalue weighted by Crippen LogP contribution is -2.48. The SMILES string of the molecule is Cc1cc(OC(C)C(=O)NCC2(C(=O)O)CCOCC2)ccc1C(C)C. The minimum absolute atomic E-state index is 0.0868. The molecule has 1 aromatic carbocycles. The molecule has 144 valence electrons. The smallest absolute Gasteiger partial charge is 0.311 e. The van der Waals surface area contributed by atoms with E-state index >= 15 is 0 Å². The van der Waals surface area contributed by atoms with E-state index in [1.54, 1.807) is 6.92 Å². The van der Waals surface area contributed by atoms with Gasteiger partial charge in [0.15, 0.2) is 6.10 Å². The number of carboxylic acids is 1. The maximum absolute atomic E-state index is 12.4. The fourth-order valence-electron chi connectivity index (χ4n) is 3.26. The quantitative estimate of drug-likeness (QED) is 0.778. The Labute approximate surface area is 154 Å². The number of carboxylic acid groups (broad SMARTS) is 1. The van der Waals surface area contributed by atoms with Crippen LogP contribution in [-0.4, -0.2) is 42.8 Å². The van der Waals surface area contributed by atoms with Crippen LogP contribution in [0.5, 0.6) is 5.75 Å². The Morgan fingerprint density at radius 3 is 2.46 bits per heavy atom. The number of rotatable bonds is 7. The highest BCUT2D eigenvalue weighted by atomic mass is 16.5. The molecular weight excluding hydrogens is 334 g/mol. The normalized spacial score (nSPS) is 17.6. The number of hydrogen-bond acceptors (Lipinski definition) is 4. The summed E-state index contributed by atoms with van der Waals surface area (Å²) >= 11 is 0. The molecule has 1 heterocycles. The number of aryl methyl sites for hydroxylation is 1. The van der Waals surface area contributed by atoms with Crippen LogP contribution in [0.2, 0.25) is 0 Å². The van der Waals surface area contributed by atoms with E-state index in [1.807, 2.05) is 25.1 Å². The van der Waals surface area contributed by atoms with Gasteiger partial charge in [-0.1, -0.05) is 19.9 Å². The number of ether oxygens (including phenoxy) is 2. The molecule has 6 nitrogen and oxygen atoms in total. The van der Waals surface area contributed by atoms with Crippen molar-refractivity contribution in [3.8, 4) is 5.75 Å². The average molecular weight is 363 g/mol. The molecule has 1 aliphatic heterocycles. The summed E-state index contributed by atoms with van der Waals surface area (Å²) in [6.45, 7) is 8.84. The molecule has 6 heteroatoms. The van der Waals surface area contributed by atoms with Gasteiger partial charge in [0.2, 0.25) is 0 Å². The van der Waals surface area contributed by atoms with Gasteiger partial charge in [-0.25, -0.2) is 0 Å². The van der Waals surface area contributed by atoms with Crippen LogP contribution in [0.25, 0.3) is 0 Å². The summed E-state index contributed by atoms with van der Waals surface area (Å²) in [6, 6.07) is 5.81. The molecule has 1 saturated heterocycles. The molecule has 2 rings (SSSR count). The van der Waals surface area contributed by atoms with Crippen LogP contribution in [0.4, 0.5) is 0 Å². The second kappa shape index (κ2) is 8.54. The number of nitrogens with one attached hydrogen (secondary N) is 1. The molecule has 0 aliphatic carbocycles. The zero-order chi connectivity index (χ0) is 19.3. The van der Waals surface area contributed by atoms with Crippen molar-refractivity contribution >= 4 is 11.9 Å². The Morgan fingerprint density at radius 1 is 1.27 bits per heavy atom. The molecule has 1 amide bonds. The number of carbonyl (C=O) groups excluding carboxylic acids is 1. The first-order valence-electron chi connectivity index (χ1n) is 9.11. The van der Waals surface area contributed by atoms with E-state index in [9.17, 15) is 14.7 Å². The van der Waals surface area contributed by atoms with Gasteiger partial charge in [-0.05, 0) is 55.9 Å². The zero-order valence-corrected chi connectivity index (χ0v) is 16.0.